The van der Waals surface area contributed by atoms with Crippen LogP contribution in [0.2, 0.25) is 0 Å². The van der Waals surface area contributed by atoms with E-state index in [-0.39, 0.29) is 0 Å². The predicted octanol–water partition coefficient (Wildman–Crippen LogP) is 2.94. The van der Waals surface area contributed by atoms with Gasteiger partial charge < -0.3 is 10.1 Å². The Morgan fingerprint density at radius 3 is 2.62 bits per heavy atom. The van der Waals surface area contributed by atoms with E-state index < -0.39 is 0 Å². The second-order valence-corrected chi connectivity index (χ2v) is 5.86. The van der Waals surface area contributed by atoms with Crippen LogP contribution in [-0.2, 0) is 4.74 Å². The van der Waals surface area contributed by atoms with Crippen LogP contribution in [0.25, 0.3) is 0 Å². The van der Waals surface area contributed by atoms with Crippen molar-refractivity contribution in [2.45, 2.75) is 56.4 Å². The molecule has 2 nitrogen and oxygen atoms in total. The first-order valence-corrected chi connectivity index (χ1v) is 7.24. The number of hydrogen-bond donors (Lipinski definition) is 1. The molecule has 0 spiro atoms. The van der Waals surface area contributed by atoms with Crippen LogP contribution in [-0.4, -0.2) is 31.2 Å². The molecule has 2 fully saturated rings. The molecule has 1 atom stereocenters. The van der Waals surface area contributed by atoms with Crippen LogP contribution in [0.4, 0.5) is 0 Å². The predicted molar refractivity (Wildman–Crippen MR) is 68.1 cm³/mol. The molecule has 94 valence electrons. The molecule has 1 heterocycles. The van der Waals surface area contributed by atoms with E-state index in [4.69, 9.17) is 16.3 Å². The van der Waals surface area contributed by atoms with Crippen LogP contribution in [0.5, 0.6) is 0 Å². The van der Waals surface area contributed by atoms with E-state index in [1.165, 1.54) is 51.5 Å². The third kappa shape index (κ3) is 4.23. The van der Waals surface area contributed by atoms with Gasteiger partial charge in [0.1, 0.15) is 0 Å². The number of halogens is 1. The minimum absolute atomic E-state index is 0.447. The largest absolute Gasteiger partial charge is 0.378 e. The molecule has 1 aliphatic carbocycles. The van der Waals surface area contributed by atoms with Crippen molar-refractivity contribution in [1.82, 2.24) is 5.32 Å². The summed E-state index contributed by atoms with van der Waals surface area (Å²) in [6.07, 6.45) is 9.27. The summed E-state index contributed by atoms with van der Waals surface area (Å²) in [5.41, 5.74) is 0. The third-order valence-corrected chi connectivity index (χ3v) is 4.31. The van der Waals surface area contributed by atoms with Gasteiger partial charge in [0.15, 0.2) is 0 Å². The second kappa shape index (κ2) is 6.83. The molecule has 0 aromatic rings. The maximum atomic E-state index is 6.09. The zero-order valence-electron chi connectivity index (χ0n) is 10.1. The minimum Gasteiger partial charge on any atom is -0.378 e. The average Bonchev–Trinajstić information content (AvgIpc) is 2.80. The van der Waals surface area contributed by atoms with Crippen molar-refractivity contribution in [2.75, 3.05) is 19.7 Å². The van der Waals surface area contributed by atoms with Gasteiger partial charge in [0, 0.05) is 12.0 Å². The third-order valence-electron chi connectivity index (χ3n) is 3.88. The normalized spacial score (nSPS) is 35.4. The smallest absolute Gasteiger partial charge is 0.0588 e. The van der Waals surface area contributed by atoms with Gasteiger partial charge >= 0.3 is 0 Å². The van der Waals surface area contributed by atoms with Crippen LogP contribution in [0.1, 0.15) is 44.9 Å². The van der Waals surface area contributed by atoms with Crippen molar-refractivity contribution in [2.24, 2.45) is 5.92 Å². The maximum Gasteiger partial charge on any atom is 0.0588 e. The number of rotatable bonds is 5. The average molecular weight is 246 g/mol. The fraction of sp³-hybridized carbons (Fsp3) is 1.00. The summed E-state index contributed by atoms with van der Waals surface area (Å²) >= 11 is 6.09. The van der Waals surface area contributed by atoms with Crippen LogP contribution in [0.15, 0.2) is 0 Å². The SMILES string of the molecule is ClC1CCC(CNCCC2CCCO2)CC1. The van der Waals surface area contributed by atoms with Crippen molar-refractivity contribution >= 4 is 11.6 Å². The minimum atomic E-state index is 0.447. The molecule has 1 N–H and O–H groups in total. The van der Waals surface area contributed by atoms with Gasteiger partial charge in [0.2, 0.25) is 0 Å². The summed E-state index contributed by atoms with van der Waals surface area (Å²) < 4.78 is 5.60. The van der Waals surface area contributed by atoms with E-state index >= 15 is 0 Å². The highest BCUT2D eigenvalue weighted by Gasteiger charge is 2.19. The first-order chi connectivity index (χ1) is 7.84. The van der Waals surface area contributed by atoms with E-state index in [2.05, 4.69) is 5.32 Å². The topological polar surface area (TPSA) is 21.3 Å². The summed E-state index contributed by atoms with van der Waals surface area (Å²) in [7, 11) is 0. The molecule has 3 heteroatoms. The standard InChI is InChI=1S/C13H24ClNO/c14-12-5-3-11(4-6-12)10-15-8-7-13-2-1-9-16-13/h11-13,15H,1-10H2. The highest BCUT2D eigenvalue weighted by atomic mass is 35.5. The van der Waals surface area contributed by atoms with Crippen molar-refractivity contribution in [3.05, 3.63) is 0 Å². The second-order valence-electron chi connectivity index (χ2n) is 5.25. The van der Waals surface area contributed by atoms with Crippen LogP contribution >= 0.6 is 11.6 Å². The molecule has 1 aliphatic heterocycles. The van der Waals surface area contributed by atoms with E-state index in [0.29, 0.717) is 11.5 Å². The summed E-state index contributed by atoms with van der Waals surface area (Å²) in [5, 5.41) is 4.02. The fourth-order valence-electron chi connectivity index (χ4n) is 2.77. The summed E-state index contributed by atoms with van der Waals surface area (Å²) in [5.74, 6) is 0.861. The molecule has 16 heavy (non-hydrogen) atoms. The molecule has 0 bridgehead atoms. The van der Waals surface area contributed by atoms with E-state index in [9.17, 15) is 0 Å². The van der Waals surface area contributed by atoms with Gasteiger partial charge in [-0.2, -0.15) is 0 Å². The van der Waals surface area contributed by atoms with Crippen LogP contribution in [0.3, 0.4) is 0 Å². The zero-order valence-corrected chi connectivity index (χ0v) is 10.8. The molecule has 2 aliphatic rings. The highest BCUT2D eigenvalue weighted by molar-refractivity contribution is 6.20. The summed E-state index contributed by atoms with van der Waals surface area (Å²) in [6, 6.07) is 0. The van der Waals surface area contributed by atoms with E-state index in [1.807, 2.05) is 0 Å². The number of hydrogen-bond acceptors (Lipinski definition) is 2. The lowest BCUT2D eigenvalue weighted by atomic mass is 9.89. The van der Waals surface area contributed by atoms with Crippen molar-refractivity contribution < 1.29 is 4.74 Å². The zero-order chi connectivity index (χ0) is 11.2. The molecular weight excluding hydrogens is 222 g/mol. The van der Waals surface area contributed by atoms with Crippen molar-refractivity contribution in [3.63, 3.8) is 0 Å². The summed E-state index contributed by atoms with van der Waals surface area (Å²) in [4.78, 5) is 0. The number of nitrogens with one attached hydrogen (secondary N) is 1. The van der Waals surface area contributed by atoms with Gasteiger partial charge in [-0.25, -0.2) is 0 Å². The van der Waals surface area contributed by atoms with Gasteiger partial charge in [-0.05, 0) is 64.0 Å². The first-order valence-electron chi connectivity index (χ1n) is 6.81. The number of ether oxygens (including phenoxy) is 1. The summed E-state index contributed by atoms with van der Waals surface area (Å²) in [6.45, 7) is 3.27. The van der Waals surface area contributed by atoms with E-state index in [1.54, 1.807) is 0 Å². The van der Waals surface area contributed by atoms with Gasteiger partial charge in [-0.3, -0.25) is 0 Å². The Labute approximate surface area is 104 Å². The molecule has 2 rings (SSSR count). The lowest BCUT2D eigenvalue weighted by Crippen LogP contribution is -2.28. The molecular formula is C13H24ClNO. The molecule has 1 saturated heterocycles. The van der Waals surface area contributed by atoms with Gasteiger partial charge in [0.25, 0.3) is 0 Å². The van der Waals surface area contributed by atoms with Gasteiger partial charge in [-0.1, -0.05) is 0 Å². The number of alkyl halides is 1. The van der Waals surface area contributed by atoms with Gasteiger partial charge in [0.05, 0.1) is 6.10 Å². The Morgan fingerprint density at radius 1 is 1.12 bits per heavy atom. The van der Waals surface area contributed by atoms with Gasteiger partial charge in [-0.15, -0.1) is 11.6 Å². The monoisotopic (exact) mass is 245 g/mol. The fourth-order valence-corrected chi connectivity index (χ4v) is 3.02. The van der Waals surface area contributed by atoms with Crippen LogP contribution < -0.4 is 5.32 Å². The molecule has 0 aromatic heterocycles. The highest BCUT2D eigenvalue weighted by Crippen LogP contribution is 2.26. The molecule has 0 aromatic carbocycles. The Kier molecular flexibility index (Phi) is 5.40. The van der Waals surface area contributed by atoms with Crippen LogP contribution in [0, 0.1) is 5.92 Å². The molecule has 0 radical (unpaired) electrons. The Bertz CT molecular complexity index is 186. The lowest BCUT2D eigenvalue weighted by Gasteiger charge is -2.25. The van der Waals surface area contributed by atoms with E-state index in [0.717, 1.165) is 19.1 Å². The Morgan fingerprint density at radius 2 is 1.94 bits per heavy atom. The molecule has 1 saturated carbocycles. The Balaban J connectivity index is 1.48. The maximum absolute atomic E-state index is 6.09. The quantitative estimate of drug-likeness (QED) is 0.594. The Hall–Kier alpha value is 0.210. The molecule has 0 amide bonds. The molecule has 1 unspecified atom stereocenters. The lowest BCUT2D eigenvalue weighted by molar-refractivity contribution is 0.104. The van der Waals surface area contributed by atoms with Crippen molar-refractivity contribution in [1.29, 1.82) is 0 Å². The van der Waals surface area contributed by atoms with Crippen molar-refractivity contribution in [3.8, 4) is 0 Å². The first kappa shape index (κ1) is 12.7.